The standard InChI is InChI=1S/3Al.3Ca.2H3O4P/c;;;;;;2*1-5(2,3)4/h;;;;;;2*(H3,1,2,3,4)/q;;;3*+2;;/p-6. The molecule has 16 heavy (non-hydrogen) atoms. The van der Waals surface area contributed by atoms with Gasteiger partial charge in [0.2, 0.25) is 0 Å². The molecule has 0 spiro atoms. The van der Waals surface area contributed by atoms with E-state index in [1.807, 2.05) is 0 Å². The number of phosphoric acid groups is 2. The molecule has 16 heteroatoms. The van der Waals surface area contributed by atoms with Crippen LogP contribution in [0.3, 0.4) is 0 Å². The number of hydrogen-bond acceptors (Lipinski definition) is 8. The Labute approximate surface area is 214 Å². The van der Waals surface area contributed by atoms with Gasteiger partial charge in [0.1, 0.15) is 0 Å². The average Bonchev–Trinajstić information content (AvgIpc) is 1.12. The second-order valence-electron chi connectivity index (χ2n) is 0.894. The van der Waals surface area contributed by atoms with Gasteiger partial charge in [0.25, 0.3) is 0 Å². The Morgan fingerprint density at radius 1 is 0.500 bits per heavy atom. The molecule has 0 aliphatic rings. The summed E-state index contributed by atoms with van der Waals surface area (Å²) in [6, 6.07) is 0. The van der Waals surface area contributed by atoms with Crippen molar-refractivity contribution in [3.8, 4) is 0 Å². The van der Waals surface area contributed by atoms with Crippen LogP contribution < -0.4 is 29.4 Å². The first-order valence-corrected chi connectivity index (χ1v) is 4.38. The molecule has 0 heterocycles. The fourth-order valence-electron chi connectivity index (χ4n) is 0. The van der Waals surface area contributed by atoms with Gasteiger partial charge in [-0.2, -0.15) is 15.6 Å². The quantitative estimate of drug-likeness (QED) is 0.289. The minimum Gasteiger partial charge on any atom is -0.822 e. The normalized spacial score (nSPS) is 7.38. The molecule has 0 aliphatic heterocycles. The first-order chi connectivity index (χ1) is 4.00. The van der Waals surface area contributed by atoms with Crippen molar-refractivity contribution in [2.75, 3.05) is 0 Å². The molecule has 0 rings (SSSR count). The Morgan fingerprint density at radius 2 is 0.500 bits per heavy atom. The summed E-state index contributed by atoms with van der Waals surface area (Å²) >= 11 is 0. The Morgan fingerprint density at radius 3 is 0.500 bits per heavy atom. The molecule has 0 aliphatic carbocycles. The van der Waals surface area contributed by atoms with E-state index in [-0.39, 0.29) is 165 Å². The van der Waals surface area contributed by atoms with Gasteiger partial charge in [-0.1, -0.05) is 0 Å². The van der Waals surface area contributed by atoms with Crippen LogP contribution in [0.15, 0.2) is 0 Å². The number of rotatable bonds is 0. The van der Waals surface area contributed by atoms with E-state index in [4.69, 9.17) is 38.5 Å². The van der Waals surface area contributed by atoms with E-state index in [9.17, 15) is 0 Å². The molecule has 0 N–H and O–H groups in total. The van der Waals surface area contributed by atoms with Crippen molar-refractivity contribution in [3.63, 3.8) is 0 Å². The van der Waals surface area contributed by atoms with E-state index in [1.54, 1.807) is 0 Å². The van der Waals surface area contributed by atoms with E-state index >= 15 is 0 Å². The maximum Gasteiger partial charge on any atom is 2.00 e. The Hall–Kier alpha value is 5.60. The van der Waals surface area contributed by atoms with Crippen LogP contribution in [0.5, 0.6) is 0 Å². The monoisotopic (exact) mass is 391 g/mol. The summed E-state index contributed by atoms with van der Waals surface area (Å²) in [4.78, 5) is 51.3. The van der Waals surface area contributed by atoms with E-state index < -0.39 is 15.6 Å². The Bertz CT molecular complexity index is 141. The van der Waals surface area contributed by atoms with Gasteiger partial charge in [-0.3, -0.25) is 0 Å². The van der Waals surface area contributed by atoms with Crippen molar-refractivity contribution in [2.24, 2.45) is 0 Å². The van der Waals surface area contributed by atoms with Crippen molar-refractivity contribution < 1.29 is 38.5 Å². The molecule has 0 aromatic heterocycles. The molecule has 0 fully saturated rings. The summed E-state index contributed by atoms with van der Waals surface area (Å²) < 4.78 is 17.1. The van der Waals surface area contributed by atoms with Gasteiger partial charge >= 0.3 is 113 Å². The van der Waals surface area contributed by atoms with Crippen LogP contribution in [0, 0.1) is 0 Å². The zero-order valence-corrected chi connectivity index (χ0v) is 19.9. The van der Waals surface area contributed by atoms with Crippen LogP contribution in [0.25, 0.3) is 0 Å². The van der Waals surface area contributed by atoms with Crippen molar-refractivity contribution in [1.82, 2.24) is 0 Å². The van der Waals surface area contributed by atoms with Gasteiger partial charge in [0, 0.05) is 52.1 Å². The van der Waals surface area contributed by atoms with Crippen LogP contribution in [0.4, 0.5) is 0 Å². The third kappa shape index (κ3) is 216. The van der Waals surface area contributed by atoms with Gasteiger partial charge in [-0.15, -0.1) is 0 Å². The molecule has 0 aromatic rings. The first-order valence-electron chi connectivity index (χ1n) is 1.46. The predicted molar refractivity (Wildman–Crippen MR) is 49.7 cm³/mol. The van der Waals surface area contributed by atoms with E-state index in [0.717, 1.165) is 0 Å². The summed E-state index contributed by atoms with van der Waals surface area (Å²) in [7, 11) is -10.8. The Kier molecular flexibility index (Phi) is 79.1. The van der Waals surface area contributed by atoms with Crippen molar-refractivity contribution in [3.05, 3.63) is 0 Å². The number of hydrogen-bond donors (Lipinski definition) is 0. The largest absolute Gasteiger partial charge is 2.00 e. The van der Waals surface area contributed by atoms with Gasteiger partial charge < -0.3 is 38.5 Å². The molecule has 0 unspecified atom stereocenters. The molecule has 0 aromatic carbocycles. The summed E-state index contributed by atoms with van der Waals surface area (Å²) in [5, 5.41) is 0. The topological polar surface area (TPSA) is 172 Å². The fourth-order valence-corrected chi connectivity index (χ4v) is 0. The molecular formula is Al3Ca3O8P2. The fraction of sp³-hybridized carbons (Fsp3) is 0. The SMILES string of the molecule is O=P([O-])([O-])[O-].O=P([O-])([O-])[O-].[Al].[Al].[Al].[Ca+2].[Ca+2].[Ca+2]. The first kappa shape index (κ1) is 49.6. The molecule has 9 radical (unpaired) electrons. The van der Waals surface area contributed by atoms with Gasteiger partial charge in [-0.05, 0) is 0 Å². The van der Waals surface area contributed by atoms with E-state index in [2.05, 4.69) is 0 Å². The van der Waals surface area contributed by atoms with Crippen molar-refractivity contribution in [2.45, 2.75) is 0 Å². The minimum atomic E-state index is -5.39. The van der Waals surface area contributed by atoms with Gasteiger partial charge in [0.05, 0.1) is 0 Å². The molecular weight excluding hydrogens is 391 g/mol. The van der Waals surface area contributed by atoms with Crippen LogP contribution in [-0.4, -0.2) is 165 Å². The zero-order valence-electron chi connectivity index (χ0n) is 8.01. The minimum absolute atomic E-state index is 0. The van der Waals surface area contributed by atoms with Crippen LogP contribution >= 0.6 is 15.6 Å². The summed E-state index contributed by atoms with van der Waals surface area (Å²) in [5.74, 6) is 0. The summed E-state index contributed by atoms with van der Waals surface area (Å²) in [6.07, 6.45) is 0. The molecule has 0 saturated heterocycles. The van der Waals surface area contributed by atoms with Crippen molar-refractivity contribution in [1.29, 1.82) is 0 Å². The zero-order chi connectivity index (χ0) is 9.00. The van der Waals surface area contributed by atoms with Crippen molar-refractivity contribution >= 4 is 181 Å². The second-order valence-corrected chi connectivity index (χ2v) is 2.68. The summed E-state index contributed by atoms with van der Waals surface area (Å²) in [5.41, 5.74) is 0. The molecule has 0 saturated carbocycles. The Balaban J connectivity index is -0.00000000970. The maximum atomic E-state index is 8.55. The molecule has 8 nitrogen and oxygen atoms in total. The van der Waals surface area contributed by atoms with Gasteiger partial charge in [0.15, 0.2) is 0 Å². The van der Waals surface area contributed by atoms with E-state index in [0.29, 0.717) is 0 Å². The van der Waals surface area contributed by atoms with Gasteiger partial charge in [-0.25, -0.2) is 0 Å². The molecule has 0 atom stereocenters. The van der Waals surface area contributed by atoms with Crippen LogP contribution in [0.1, 0.15) is 0 Å². The van der Waals surface area contributed by atoms with Crippen LogP contribution in [-0.2, 0) is 9.13 Å². The third-order valence-electron chi connectivity index (χ3n) is 0. The smallest absolute Gasteiger partial charge is 0.822 e. The molecule has 0 bridgehead atoms. The second kappa shape index (κ2) is 25.5. The third-order valence-corrected chi connectivity index (χ3v) is 0. The molecule has 73 valence electrons. The predicted octanol–water partition coefficient (Wildman–Crippen LogP) is -7.93. The average molecular weight is 391 g/mol. The summed E-state index contributed by atoms with van der Waals surface area (Å²) in [6.45, 7) is 0. The maximum absolute atomic E-state index is 8.55. The van der Waals surface area contributed by atoms with E-state index in [1.165, 1.54) is 0 Å². The van der Waals surface area contributed by atoms with Crippen LogP contribution in [0.2, 0.25) is 0 Å². The molecule has 0 amide bonds.